The average molecular weight is 496 g/mol. The fraction of sp³-hybridized carbons (Fsp3) is 0.280. The summed E-state index contributed by atoms with van der Waals surface area (Å²) in [7, 11) is 0. The lowest BCUT2D eigenvalue weighted by Crippen LogP contribution is -2.50. The van der Waals surface area contributed by atoms with Crippen molar-refractivity contribution in [2.24, 2.45) is 0 Å². The van der Waals surface area contributed by atoms with Crippen LogP contribution in [0.5, 0.6) is 5.75 Å². The molecular formula is C25H26ClN5O4. The second kappa shape index (κ2) is 10.6. The molecule has 1 fully saturated rings. The van der Waals surface area contributed by atoms with E-state index >= 15 is 0 Å². The summed E-state index contributed by atoms with van der Waals surface area (Å²) in [5.41, 5.74) is 1.40. The summed E-state index contributed by atoms with van der Waals surface area (Å²) in [6.07, 6.45) is 1.48. The lowest BCUT2D eigenvalue weighted by atomic mass is 10.1. The molecule has 0 atom stereocenters. The zero-order valence-electron chi connectivity index (χ0n) is 19.5. The maximum Gasteiger partial charge on any atom is 0.299 e. The first-order valence-corrected chi connectivity index (χ1v) is 11.7. The molecule has 0 spiro atoms. The molecule has 3 aromatic rings. The molecule has 0 unspecified atom stereocenters. The van der Waals surface area contributed by atoms with Gasteiger partial charge in [-0.1, -0.05) is 17.7 Å². The largest absolute Gasteiger partial charge is 0.490 e. The minimum atomic E-state index is -0.407. The van der Waals surface area contributed by atoms with Crippen LogP contribution in [0.4, 0.5) is 11.4 Å². The third-order valence-electron chi connectivity index (χ3n) is 5.71. The van der Waals surface area contributed by atoms with E-state index in [1.807, 2.05) is 6.92 Å². The molecule has 0 aliphatic carbocycles. The molecule has 1 saturated heterocycles. The molecule has 2 aromatic carbocycles. The topological polar surface area (TPSA) is 96.8 Å². The molecule has 182 valence electrons. The van der Waals surface area contributed by atoms with E-state index in [0.717, 1.165) is 0 Å². The van der Waals surface area contributed by atoms with Crippen LogP contribution in [0.15, 0.2) is 59.5 Å². The first-order valence-electron chi connectivity index (χ1n) is 11.3. The van der Waals surface area contributed by atoms with Crippen LogP contribution in [-0.4, -0.2) is 64.2 Å². The zero-order chi connectivity index (χ0) is 24.9. The second-order valence-corrected chi connectivity index (χ2v) is 8.45. The van der Waals surface area contributed by atoms with Crippen LogP contribution < -0.4 is 15.6 Å². The Hall–Kier alpha value is -3.85. The van der Waals surface area contributed by atoms with Crippen LogP contribution in [0.3, 0.4) is 0 Å². The van der Waals surface area contributed by atoms with Gasteiger partial charge in [0.15, 0.2) is 11.4 Å². The van der Waals surface area contributed by atoms with Crippen LogP contribution in [0, 0.1) is 0 Å². The Labute approximate surface area is 207 Å². The summed E-state index contributed by atoms with van der Waals surface area (Å²) in [5.74, 6) is 0.185. The van der Waals surface area contributed by atoms with Gasteiger partial charge in [-0.25, -0.2) is 0 Å². The number of ether oxygens (including phenoxy) is 1. The number of carbonyl (C=O) groups excluding carboxylic acids is 2. The quantitative estimate of drug-likeness (QED) is 0.563. The normalized spacial score (nSPS) is 13.5. The number of carbonyl (C=O) groups is 2. The van der Waals surface area contributed by atoms with Crippen molar-refractivity contribution in [1.29, 1.82) is 0 Å². The Balaban J connectivity index is 1.60. The summed E-state index contributed by atoms with van der Waals surface area (Å²) in [4.78, 5) is 41.4. The van der Waals surface area contributed by atoms with Crippen molar-refractivity contribution in [2.45, 2.75) is 13.8 Å². The van der Waals surface area contributed by atoms with Crippen molar-refractivity contribution in [3.8, 4) is 11.4 Å². The standard InChI is InChI=1S/C25H26ClN5O4/c1-3-35-22-16-27-31(21-9-7-19(26)8-10-21)25(34)23(22)28-20-6-4-5-18(15-20)24(33)30-13-11-29(12-14-30)17(2)32/h4-10,15-16,28H,3,11-14H2,1-2H3. The molecule has 4 rings (SSSR count). The molecule has 0 radical (unpaired) electrons. The van der Waals surface area contributed by atoms with Crippen molar-refractivity contribution in [3.05, 3.63) is 75.7 Å². The first kappa shape index (κ1) is 24.3. The van der Waals surface area contributed by atoms with Gasteiger partial charge in [0.05, 0.1) is 18.5 Å². The number of aromatic nitrogens is 2. The van der Waals surface area contributed by atoms with Gasteiger partial charge < -0.3 is 19.9 Å². The molecule has 35 heavy (non-hydrogen) atoms. The van der Waals surface area contributed by atoms with Crippen molar-refractivity contribution < 1.29 is 14.3 Å². The molecule has 1 aliphatic rings. The van der Waals surface area contributed by atoms with E-state index in [4.69, 9.17) is 16.3 Å². The van der Waals surface area contributed by atoms with Gasteiger partial charge in [0.25, 0.3) is 11.5 Å². The van der Waals surface area contributed by atoms with Crippen molar-refractivity contribution in [1.82, 2.24) is 19.6 Å². The highest BCUT2D eigenvalue weighted by atomic mass is 35.5. The Morgan fingerprint density at radius 2 is 1.74 bits per heavy atom. The molecule has 1 N–H and O–H groups in total. The Kier molecular flexibility index (Phi) is 7.36. The molecular weight excluding hydrogens is 470 g/mol. The molecule has 1 aromatic heterocycles. The maximum absolute atomic E-state index is 13.3. The third kappa shape index (κ3) is 5.46. The van der Waals surface area contributed by atoms with Crippen LogP contribution in [0.25, 0.3) is 5.69 Å². The van der Waals surface area contributed by atoms with E-state index in [-0.39, 0.29) is 17.5 Å². The number of anilines is 2. The minimum absolute atomic E-state index is 0.00926. The smallest absolute Gasteiger partial charge is 0.299 e. The number of amides is 2. The number of rotatable bonds is 6. The van der Waals surface area contributed by atoms with Crippen LogP contribution in [0.2, 0.25) is 5.02 Å². The average Bonchev–Trinajstić information content (AvgIpc) is 2.87. The predicted molar refractivity (Wildman–Crippen MR) is 134 cm³/mol. The molecule has 2 amide bonds. The Bertz CT molecular complexity index is 1280. The van der Waals surface area contributed by atoms with Crippen LogP contribution >= 0.6 is 11.6 Å². The van der Waals surface area contributed by atoms with Gasteiger partial charge in [0.1, 0.15) is 0 Å². The summed E-state index contributed by atoms with van der Waals surface area (Å²) < 4.78 is 6.89. The minimum Gasteiger partial charge on any atom is -0.490 e. The highest BCUT2D eigenvalue weighted by Gasteiger charge is 2.23. The van der Waals surface area contributed by atoms with Crippen LogP contribution in [-0.2, 0) is 4.79 Å². The van der Waals surface area contributed by atoms with E-state index in [0.29, 0.717) is 60.5 Å². The first-order chi connectivity index (χ1) is 16.9. The third-order valence-corrected chi connectivity index (χ3v) is 5.96. The second-order valence-electron chi connectivity index (χ2n) is 8.01. The summed E-state index contributed by atoms with van der Waals surface area (Å²) in [6.45, 7) is 5.67. The van der Waals surface area contributed by atoms with Gasteiger partial charge in [-0.05, 0) is 49.4 Å². The highest BCUT2D eigenvalue weighted by molar-refractivity contribution is 6.30. The zero-order valence-corrected chi connectivity index (χ0v) is 20.3. The van der Waals surface area contributed by atoms with Crippen molar-refractivity contribution >= 4 is 34.8 Å². The Morgan fingerprint density at radius 1 is 1.06 bits per heavy atom. The fourth-order valence-electron chi connectivity index (χ4n) is 3.87. The van der Waals surface area contributed by atoms with Crippen LogP contribution in [0.1, 0.15) is 24.2 Å². The van der Waals surface area contributed by atoms with Gasteiger partial charge in [-0.3, -0.25) is 14.4 Å². The number of nitrogens with one attached hydrogen (secondary N) is 1. The highest BCUT2D eigenvalue weighted by Crippen LogP contribution is 2.25. The molecule has 0 bridgehead atoms. The molecule has 1 aliphatic heterocycles. The number of halogens is 1. The fourth-order valence-corrected chi connectivity index (χ4v) is 3.99. The molecule has 9 nitrogen and oxygen atoms in total. The number of hydrogen-bond donors (Lipinski definition) is 1. The monoisotopic (exact) mass is 495 g/mol. The van der Waals surface area contributed by atoms with Gasteiger partial charge in [0, 0.05) is 49.4 Å². The SMILES string of the molecule is CCOc1cnn(-c2ccc(Cl)cc2)c(=O)c1Nc1cccc(C(=O)N2CCN(C(C)=O)CC2)c1. The number of hydrogen-bond acceptors (Lipinski definition) is 6. The summed E-state index contributed by atoms with van der Waals surface area (Å²) in [6, 6.07) is 13.7. The number of piperazine rings is 1. The maximum atomic E-state index is 13.3. The summed E-state index contributed by atoms with van der Waals surface area (Å²) in [5, 5.41) is 7.90. The van der Waals surface area contributed by atoms with E-state index in [2.05, 4.69) is 10.4 Å². The number of benzene rings is 2. The van der Waals surface area contributed by atoms with Crippen molar-refractivity contribution in [3.63, 3.8) is 0 Å². The van der Waals surface area contributed by atoms with Gasteiger partial charge >= 0.3 is 0 Å². The summed E-state index contributed by atoms with van der Waals surface area (Å²) >= 11 is 5.97. The van der Waals surface area contributed by atoms with Crippen molar-refractivity contribution in [2.75, 3.05) is 38.1 Å². The lowest BCUT2D eigenvalue weighted by Gasteiger charge is -2.34. The van der Waals surface area contributed by atoms with Gasteiger partial charge in [-0.15, -0.1) is 0 Å². The molecule has 2 heterocycles. The van der Waals surface area contributed by atoms with Gasteiger partial charge in [-0.2, -0.15) is 9.78 Å². The number of nitrogens with zero attached hydrogens (tertiary/aromatic N) is 4. The van der Waals surface area contributed by atoms with E-state index in [1.165, 1.54) is 17.8 Å². The predicted octanol–water partition coefficient (Wildman–Crippen LogP) is 3.33. The van der Waals surface area contributed by atoms with E-state index in [9.17, 15) is 14.4 Å². The Morgan fingerprint density at radius 3 is 2.40 bits per heavy atom. The van der Waals surface area contributed by atoms with E-state index in [1.54, 1.807) is 58.3 Å². The molecule has 10 heteroatoms. The lowest BCUT2D eigenvalue weighted by molar-refractivity contribution is -0.130. The van der Waals surface area contributed by atoms with E-state index < -0.39 is 5.56 Å². The van der Waals surface area contributed by atoms with Gasteiger partial charge in [0.2, 0.25) is 5.91 Å². The molecule has 0 saturated carbocycles.